The van der Waals surface area contributed by atoms with E-state index in [1.807, 2.05) is 13.8 Å². The SMILES string of the molecule is CC1(C)CCN(c2cncnc2)C1=O. The van der Waals surface area contributed by atoms with Gasteiger partial charge in [-0.2, -0.15) is 0 Å². The second-order valence-electron chi connectivity index (χ2n) is 4.19. The number of rotatable bonds is 1. The summed E-state index contributed by atoms with van der Waals surface area (Å²) in [5.74, 6) is 0.160. The average Bonchev–Trinajstić information content (AvgIpc) is 2.44. The van der Waals surface area contributed by atoms with Gasteiger partial charge in [-0.05, 0) is 6.42 Å². The monoisotopic (exact) mass is 191 g/mol. The van der Waals surface area contributed by atoms with Crippen molar-refractivity contribution in [2.24, 2.45) is 5.41 Å². The largest absolute Gasteiger partial charge is 0.309 e. The van der Waals surface area contributed by atoms with Gasteiger partial charge in [-0.25, -0.2) is 9.97 Å². The molecule has 1 fully saturated rings. The van der Waals surface area contributed by atoms with Crippen LogP contribution in [0, 0.1) is 5.41 Å². The number of carbonyl (C=O) groups excluding carboxylic acids is 1. The van der Waals surface area contributed by atoms with Crippen LogP contribution < -0.4 is 4.90 Å². The number of hydrogen-bond acceptors (Lipinski definition) is 3. The Bertz CT molecular complexity index is 348. The minimum Gasteiger partial charge on any atom is -0.309 e. The molecule has 0 aliphatic carbocycles. The average molecular weight is 191 g/mol. The van der Waals surface area contributed by atoms with Gasteiger partial charge < -0.3 is 4.90 Å². The van der Waals surface area contributed by atoms with Crippen LogP contribution >= 0.6 is 0 Å². The van der Waals surface area contributed by atoms with Gasteiger partial charge in [0.15, 0.2) is 0 Å². The standard InChI is InChI=1S/C10H13N3O/c1-10(2)3-4-13(9(10)14)8-5-11-7-12-6-8/h5-7H,3-4H2,1-2H3. The molecular formula is C10H13N3O. The van der Waals surface area contributed by atoms with Crippen molar-refractivity contribution >= 4 is 11.6 Å². The van der Waals surface area contributed by atoms with Gasteiger partial charge in [0.05, 0.1) is 18.1 Å². The fraction of sp³-hybridized carbons (Fsp3) is 0.500. The van der Waals surface area contributed by atoms with Crippen LogP contribution in [0.15, 0.2) is 18.7 Å². The normalized spacial score (nSPS) is 20.1. The molecule has 0 bridgehead atoms. The van der Waals surface area contributed by atoms with E-state index >= 15 is 0 Å². The summed E-state index contributed by atoms with van der Waals surface area (Å²) in [7, 11) is 0. The van der Waals surface area contributed by atoms with Crippen LogP contribution in [0.3, 0.4) is 0 Å². The molecule has 0 atom stereocenters. The molecule has 2 heterocycles. The van der Waals surface area contributed by atoms with E-state index in [2.05, 4.69) is 9.97 Å². The minimum atomic E-state index is -0.240. The lowest BCUT2D eigenvalue weighted by atomic mass is 9.92. The first kappa shape index (κ1) is 9.12. The molecule has 14 heavy (non-hydrogen) atoms. The van der Waals surface area contributed by atoms with E-state index in [-0.39, 0.29) is 11.3 Å². The Kier molecular flexibility index (Phi) is 1.98. The second-order valence-corrected chi connectivity index (χ2v) is 4.19. The molecule has 0 N–H and O–H groups in total. The molecule has 1 aromatic rings. The van der Waals surface area contributed by atoms with Crippen molar-refractivity contribution in [3.05, 3.63) is 18.7 Å². The van der Waals surface area contributed by atoms with Crippen LogP contribution in [0.4, 0.5) is 5.69 Å². The molecule has 1 aliphatic rings. The van der Waals surface area contributed by atoms with Gasteiger partial charge in [-0.3, -0.25) is 4.79 Å². The lowest BCUT2D eigenvalue weighted by Crippen LogP contribution is -2.30. The van der Waals surface area contributed by atoms with Crippen molar-refractivity contribution in [3.8, 4) is 0 Å². The summed E-state index contributed by atoms with van der Waals surface area (Å²) in [4.78, 5) is 21.5. The number of nitrogens with zero attached hydrogens (tertiary/aromatic N) is 3. The van der Waals surface area contributed by atoms with E-state index in [0.717, 1.165) is 18.7 Å². The van der Waals surface area contributed by atoms with Crippen LogP contribution in [0.5, 0.6) is 0 Å². The van der Waals surface area contributed by atoms with Crippen molar-refractivity contribution in [2.45, 2.75) is 20.3 Å². The molecule has 4 heteroatoms. The highest BCUT2D eigenvalue weighted by atomic mass is 16.2. The topological polar surface area (TPSA) is 46.1 Å². The summed E-state index contributed by atoms with van der Waals surface area (Å²) in [5.41, 5.74) is 0.554. The Morgan fingerprint density at radius 1 is 1.36 bits per heavy atom. The number of aromatic nitrogens is 2. The molecule has 2 rings (SSSR count). The van der Waals surface area contributed by atoms with Gasteiger partial charge >= 0.3 is 0 Å². The highest BCUT2D eigenvalue weighted by molar-refractivity contribution is 5.99. The Morgan fingerprint density at radius 2 is 2.00 bits per heavy atom. The summed E-state index contributed by atoms with van der Waals surface area (Å²) in [6.45, 7) is 4.71. The second kappa shape index (κ2) is 3.04. The summed E-state index contributed by atoms with van der Waals surface area (Å²) in [5, 5.41) is 0. The highest BCUT2D eigenvalue weighted by Gasteiger charge is 2.39. The van der Waals surface area contributed by atoms with Gasteiger partial charge in [0.25, 0.3) is 0 Å². The van der Waals surface area contributed by atoms with Gasteiger partial charge in [0.1, 0.15) is 6.33 Å². The van der Waals surface area contributed by atoms with Gasteiger partial charge in [0.2, 0.25) is 5.91 Å². The number of hydrogen-bond donors (Lipinski definition) is 0. The Hall–Kier alpha value is -1.45. The van der Waals surface area contributed by atoms with Crippen molar-refractivity contribution in [1.29, 1.82) is 0 Å². The van der Waals surface area contributed by atoms with E-state index in [9.17, 15) is 4.79 Å². The van der Waals surface area contributed by atoms with E-state index in [0.29, 0.717) is 0 Å². The number of amides is 1. The summed E-state index contributed by atoms with van der Waals surface area (Å²) >= 11 is 0. The van der Waals surface area contributed by atoms with Gasteiger partial charge in [-0.1, -0.05) is 13.8 Å². The zero-order valence-corrected chi connectivity index (χ0v) is 8.40. The predicted octanol–water partition coefficient (Wildman–Crippen LogP) is 1.24. The summed E-state index contributed by atoms with van der Waals surface area (Å²) in [6, 6.07) is 0. The van der Waals surface area contributed by atoms with Gasteiger partial charge in [0, 0.05) is 12.0 Å². The van der Waals surface area contributed by atoms with Gasteiger partial charge in [-0.15, -0.1) is 0 Å². The summed E-state index contributed by atoms with van der Waals surface area (Å²) in [6.07, 6.45) is 5.70. The van der Waals surface area contributed by atoms with E-state index in [1.165, 1.54) is 6.33 Å². The van der Waals surface area contributed by atoms with E-state index < -0.39 is 0 Å². The van der Waals surface area contributed by atoms with Crippen molar-refractivity contribution in [3.63, 3.8) is 0 Å². The Labute approximate surface area is 83.0 Å². The third kappa shape index (κ3) is 1.36. The van der Waals surface area contributed by atoms with Crippen LogP contribution in [0.25, 0.3) is 0 Å². The molecule has 0 radical (unpaired) electrons. The maximum Gasteiger partial charge on any atom is 0.232 e. The number of anilines is 1. The third-order valence-corrected chi connectivity index (χ3v) is 2.64. The zero-order chi connectivity index (χ0) is 10.2. The molecule has 0 spiro atoms. The lowest BCUT2D eigenvalue weighted by Gasteiger charge is -2.18. The minimum absolute atomic E-state index is 0.160. The Morgan fingerprint density at radius 3 is 2.50 bits per heavy atom. The van der Waals surface area contributed by atoms with E-state index in [4.69, 9.17) is 0 Å². The number of carbonyl (C=O) groups is 1. The van der Waals surface area contributed by atoms with Crippen LogP contribution in [0.1, 0.15) is 20.3 Å². The maximum absolute atomic E-state index is 11.9. The Balaban J connectivity index is 2.27. The van der Waals surface area contributed by atoms with Crippen molar-refractivity contribution < 1.29 is 4.79 Å². The lowest BCUT2D eigenvalue weighted by molar-refractivity contribution is -0.123. The molecule has 1 amide bonds. The molecular weight excluding hydrogens is 178 g/mol. The first-order chi connectivity index (χ1) is 6.61. The fourth-order valence-corrected chi connectivity index (χ4v) is 1.64. The molecule has 1 aromatic heterocycles. The first-order valence-electron chi connectivity index (χ1n) is 4.68. The highest BCUT2D eigenvalue weighted by Crippen LogP contribution is 2.33. The molecule has 1 aliphatic heterocycles. The van der Waals surface area contributed by atoms with Crippen molar-refractivity contribution in [2.75, 3.05) is 11.4 Å². The maximum atomic E-state index is 11.9. The van der Waals surface area contributed by atoms with Crippen LogP contribution in [0.2, 0.25) is 0 Å². The zero-order valence-electron chi connectivity index (χ0n) is 8.40. The van der Waals surface area contributed by atoms with Crippen LogP contribution in [-0.2, 0) is 4.79 Å². The quantitative estimate of drug-likeness (QED) is 0.671. The molecule has 0 unspecified atom stereocenters. The molecule has 0 saturated carbocycles. The smallest absolute Gasteiger partial charge is 0.232 e. The third-order valence-electron chi connectivity index (χ3n) is 2.64. The molecule has 0 aromatic carbocycles. The fourth-order valence-electron chi connectivity index (χ4n) is 1.64. The summed E-state index contributed by atoms with van der Waals surface area (Å²) < 4.78 is 0. The van der Waals surface area contributed by atoms with Crippen LogP contribution in [-0.4, -0.2) is 22.4 Å². The first-order valence-corrected chi connectivity index (χ1v) is 4.68. The molecule has 1 saturated heterocycles. The van der Waals surface area contributed by atoms with Crippen molar-refractivity contribution in [1.82, 2.24) is 9.97 Å². The molecule has 4 nitrogen and oxygen atoms in total. The molecule has 74 valence electrons. The van der Waals surface area contributed by atoms with E-state index in [1.54, 1.807) is 17.3 Å². The predicted molar refractivity (Wildman–Crippen MR) is 52.8 cm³/mol.